The summed E-state index contributed by atoms with van der Waals surface area (Å²) in [5.74, 6) is -0.319. The van der Waals surface area contributed by atoms with E-state index in [2.05, 4.69) is 9.97 Å². The molecule has 0 amide bonds. The molecule has 2 rings (SSSR count). The number of aromatic nitrogens is 2. The van der Waals surface area contributed by atoms with Gasteiger partial charge in [-0.3, -0.25) is 0 Å². The maximum absolute atomic E-state index is 13.0. The molecule has 0 aliphatic heterocycles. The molecule has 0 saturated carbocycles. The average Bonchev–Trinajstić information content (AvgIpc) is 2.04. The maximum Gasteiger partial charge on any atom is 0.151 e. The van der Waals surface area contributed by atoms with Crippen molar-refractivity contribution >= 4 is 11.0 Å². The van der Waals surface area contributed by atoms with Crippen molar-refractivity contribution in [1.82, 2.24) is 9.97 Å². The number of hydrogen-bond donors (Lipinski definition) is 0. The van der Waals surface area contributed by atoms with Gasteiger partial charge >= 0.3 is 0 Å². The third kappa shape index (κ3) is 1.03. The number of benzene rings is 1. The van der Waals surface area contributed by atoms with Crippen molar-refractivity contribution in [3.05, 3.63) is 35.9 Å². The zero-order valence-electron chi connectivity index (χ0n) is 6.58. The van der Waals surface area contributed by atoms with Gasteiger partial charge in [-0.1, -0.05) is 6.07 Å². The van der Waals surface area contributed by atoms with E-state index in [4.69, 9.17) is 0 Å². The van der Waals surface area contributed by atoms with E-state index in [0.29, 0.717) is 11.0 Å². The lowest BCUT2D eigenvalue weighted by Crippen LogP contribution is -1.89. The minimum absolute atomic E-state index is 0.319. The van der Waals surface area contributed by atoms with Crippen LogP contribution in [-0.2, 0) is 0 Å². The number of para-hydroxylation sites is 1. The molecule has 0 N–H and O–H groups in total. The standard InChI is InChI=1S/C9H7FN2/c1-6-5-11-9-7(10)3-2-4-8(9)12-6/h2-5H,1H3. The second-order valence-electron chi connectivity index (χ2n) is 2.62. The molecule has 0 spiro atoms. The Labute approximate surface area is 69.1 Å². The molecule has 0 aliphatic rings. The predicted molar refractivity (Wildman–Crippen MR) is 44.2 cm³/mol. The summed E-state index contributed by atoms with van der Waals surface area (Å²) < 4.78 is 13.0. The lowest BCUT2D eigenvalue weighted by Gasteiger charge is -1.97. The summed E-state index contributed by atoms with van der Waals surface area (Å²) in [6.45, 7) is 1.83. The molecule has 1 aromatic carbocycles. The number of hydrogen-bond acceptors (Lipinski definition) is 2. The van der Waals surface area contributed by atoms with E-state index >= 15 is 0 Å². The predicted octanol–water partition coefficient (Wildman–Crippen LogP) is 2.08. The number of halogens is 1. The van der Waals surface area contributed by atoms with Gasteiger partial charge in [0, 0.05) is 6.20 Å². The molecule has 0 bridgehead atoms. The molecule has 60 valence electrons. The fraction of sp³-hybridized carbons (Fsp3) is 0.111. The molecule has 1 aromatic heterocycles. The fourth-order valence-corrected chi connectivity index (χ4v) is 1.10. The van der Waals surface area contributed by atoms with Crippen molar-refractivity contribution in [1.29, 1.82) is 0 Å². The SMILES string of the molecule is Cc1cnc2c(F)cccc2n1. The summed E-state index contributed by atoms with van der Waals surface area (Å²) in [5.41, 5.74) is 1.74. The summed E-state index contributed by atoms with van der Waals surface area (Å²) in [6, 6.07) is 4.76. The first kappa shape index (κ1) is 7.16. The van der Waals surface area contributed by atoms with Crippen LogP contribution in [0.25, 0.3) is 11.0 Å². The quantitative estimate of drug-likeness (QED) is 0.592. The van der Waals surface area contributed by atoms with Crippen LogP contribution in [0.5, 0.6) is 0 Å². The van der Waals surface area contributed by atoms with Gasteiger partial charge in [0.2, 0.25) is 0 Å². The van der Waals surface area contributed by atoms with Crippen LogP contribution >= 0.6 is 0 Å². The van der Waals surface area contributed by atoms with Crippen molar-refractivity contribution in [2.75, 3.05) is 0 Å². The fourth-order valence-electron chi connectivity index (χ4n) is 1.10. The summed E-state index contributed by atoms with van der Waals surface area (Å²) >= 11 is 0. The number of aryl methyl sites for hydroxylation is 1. The Kier molecular flexibility index (Phi) is 1.50. The monoisotopic (exact) mass is 162 g/mol. The van der Waals surface area contributed by atoms with E-state index in [-0.39, 0.29) is 5.82 Å². The van der Waals surface area contributed by atoms with E-state index in [1.165, 1.54) is 6.07 Å². The van der Waals surface area contributed by atoms with Gasteiger partial charge in [0.25, 0.3) is 0 Å². The summed E-state index contributed by atoms with van der Waals surface area (Å²) in [4.78, 5) is 8.08. The Morgan fingerprint density at radius 2 is 2.17 bits per heavy atom. The highest BCUT2D eigenvalue weighted by Gasteiger charge is 2.00. The van der Waals surface area contributed by atoms with Gasteiger partial charge in [0.05, 0.1) is 11.2 Å². The van der Waals surface area contributed by atoms with Gasteiger partial charge in [-0.2, -0.15) is 0 Å². The molecule has 0 fully saturated rings. The lowest BCUT2D eigenvalue weighted by molar-refractivity contribution is 0.636. The largest absolute Gasteiger partial charge is 0.250 e. The van der Waals surface area contributed by atoms with Crippen molar-refractivity contribution < 1.29 is 4.39 Å². The Hall–Kier alpha value is -1.51. The molecular weight excluding hydrogens is 155 g/mol. The van der Waals surface area contributed by atoms with Crippen LogP contribution in [0.1, 0.15) is 5.69 Å². The first-order chi connectivity index (χ1) is 5.77. The van der Waals surface area contributed by atoms with Gasteiger partial charge in [-0.15, -0.1) is 0 Å². The van der Waals surface area contributed by atoms with Crippen LogP contribution in [0.15, 0.2) is 24.4 Å². The summed E-state index contributed by atoms with van der Waals surface area (Å²) in [5, 5.41) is 0. The van der Waals surface area contributed by atoms with Crippen molar-refractivity contribution in [2.24, 2.45) is 0 Å². The minimum Gasteiger partial charge on any atom is -0.250 e. The molecule has 0 aliphatic carbocycles. The third-order valence-electron chi connectivity index (χ3n) is 1.64. The summed E-state index contributed by atoms with van der Waals surface area (Å²) in [7, 11) is 0. The molecule has 0 saturated heterocycles. The molecule has 0 radical (unpaired) electrons. The van der Waals surface area contributed by atoms with Crippen LogP contribution in [0.3, 0.4) is 0 Å². The van der Waals surface area contributed by atoms with E-state index in [1.807, 2.05) is 6.92 Å². The van der Waals surface area contributed by atoms with Crippen LogP contribution < -0.4 is 0 Å². The number of fused-ring (bicyclic) bond motifs is 1. The Balaban J connectivity index is 2.86. The van der Waals surface area contributed by atoms with Crippen LogP contribution in [0, 0.1) is 12.7 Å². The smallest absolute Gasteiger partial charge is 0.151 e. The molecule has 12 heavy (non-hydrogen) atoms. The lowest BCUT2D eigenvalue weighted by atomic mass is 10.3. The minimum atomic E-state index is -0.319. The molecule has 0 unspecified atom stereocenters. The van der Waals surface area contributed by atoms with E-state index in [0.717, 1.165) is 5.69 Å². The second-order valence-corrected chi connectivity index (χ2v) is 2.62. The molecule has 3 heteroatoms. The van der Waals surface area contributed by atoms with Crippen LogP contribution in [0.2, 0.25) is 0 Å². The van der Waals surface area contributed by atoms with Gasteiger partial charge in [0.1, 0.15) is 5.52 Å². The number of rotatable bonds is 0. The number of nitrogens with zero attached hydrogens (tertiary/aromatic N) is 2. The molecule has 1 heterocycles. The third-order valence-corrected chi connectivity index (χ3v) is 1.64. The van der Waals surface area contributed by atoms with E-state index < -0.39 is 0 Å². The van der Waals surface area contributed by atoms with Gasteiger partial charge in [0.15, 0.2) is 5.82 Å². The van der Waals surface area contributed by atoms with Crippen molar-refractivity contribution in [3.8, 4) is 0 Å². The molecule has 0 atom stereocenters. The molecule has 2 nitrogen and oxygen atoms in total. The Bertz CT molecular complexity index is 426. The van der Waals surface area contributed by atoms with E-state index in [1.54, 1.807) is 18.3 Å². The van der Waals surface area contributed by atoms with Gasteiger partial charge < -0.3 is 0 Å². The van der Waals surface area contributed by atoms with Gasteiger partial charge in [-0.25, -0.2) is 14.4 Å². The molecule has 2 aromatic rings. The van der Waals surface area contributed by atoms with Crippen LogP contribution in [-0.4, -0.2) is 9.97 Å². The summed E-state index contributed by atoms with van der Waals surface area (Å²) in [6.07, 6.45) is 1.56. The Morgan fingerprint density at radius 3 is 3.00 bits per heavy atom. The zero-order valence-corrected chi connectivity index (χ0v) is 6.58. The maximum atomic E-state index is 13.0. The second kappa shape index (κ2) is 2.52. The Morgan fingerprint density at radius 1 is 1.33 bits per heavy atom. The first-order valence-corrected chi connectivity index (χ1v) is 3.65. The average molecular weight is 162 g/mol. The topological polar surface area (TPSA) is 25.8 Å². The van der Waals surface area contributed by atoms with Gasteiger partial charge in [-0.05, 0) is 19.1 Å². The normalized spacial score (nSPS) is 10.5. The van der Waals surface area contributed by atoms with Crippen LogP contribution in [0.4, 0.5) is 4.39 Å². The first-order valence-electron chi connectivity index (χ1n) is 3.65. The highest BCUT2D eigenvalue weighted by atomic mass is 19.1. The highest BCUT2D eigenvalue weighted by Crippen LogP contribution is 2.12. The molecular formula is C9H7FN2. The zero-order chi connectivity index (χ0) is 8.55. The van der Waals surface area contributed by atoms with Crippen molar-refractivity contribution in [2.45, 2.75) is 6.92 Å². The van der Waals surface area contributed by atoms with Crippen molar-refractivity contribution in [3.63, 3.8) is 0 Å². The van der Waals surface area contributed by atoms with E-state index in [9.17, 15) is 4.39 Å². The highest BCUT2D eigenvalue weighted by molar-refractivity contribution is 5.74.